The first-order valence-electron chi connectivity index (χ1n) is 6.93. The average Bonchev–Trinajstić information content (AvgIpc) is 2.81. The van der Waals surface area contributed by atoms with Gasteiger partial charge >= 0.3 is 0 Å². The van der Waals surface area contributed by atoms with Crippen LogP contribution in [0.4, 0.5) is 0 Å². The van der Waals surface area contributed by atoms with E-state index in [1.165, 1.54) is 57.9 Å². The fourth-order valence-electron chi connectivity index (χ4n) is 3.63. The van der Waals surface area contributed by atoms with Gasteiger partial charge in [-0.3, -0.25) is 0 Å². The van der Waals surface area contributed by atoms with E-state index < -0.39 is 0 Å². The van der Waals surface area contributed by atoms with Crippen molar-refractivity contribution in [2.75, 3.05) is 6.54 Å². The Balaban J connectivity index is 1.55. The summed E-state index contributed by atoms with van der Waals surface area (Å²) in [4.78, 5) is 0. The van der Waals surface area contributed by atoms with Crippen molar-refractivity contribution in [3.05, 3.63) is 0 Å². The highest BCUT2D eigenvalue weighted by Crippen LogP contribution is 2.33. The molecule has 0 bridgehead atoms. The summed E-state index contributed by atoms with van der Waals surface area (Å²) in [5.74, 6) is 0.938. The van der Waals surface area contributed by atoms with E-state index >= 15 is 0 Å². The van der Waals surface area contributed by atoms with Gasteiger partial charge in [0.05, 0.1) is 0 Å². The molecule has 2 nitrogen and oxygen atoms in total. The summed E-state index contributed by atoms with van der Waals surface area (Å²) in [6.07, 6.45) is 11.5. The van der Waals surface area contributed by atoms with Crippen LogP contribution in [0.3, 0.4) is 0 Å². The van der Waals surface area contributed by atoms with Crippen LogP contribution in [0.15, 0.2) is 0 Å². The smallest absolute Gasteiger partial charge is 0.0113 e. The fourth-order valence-corrected chi connectivity index (χ4v) is 3.63. The van der Waals surface area contributed by atoms with Crippen molar-refractivity contribution < 1.29 is 0 Å². The minimum absolute atomic E-state index is 0.838. The molecule has 3 unspecified atom stereocenters. The highest BCUT2D eigenvalue weighted by atomic mass is 15.0. The lowest BCUT2D eigenvalue weighted by molar-refractivity contribution is 0.248. The van der Waals surface area contributed by atoms with Gasteiger partial charge in [0.2, 0.25) is 0 Å². The van der Waals surface area contributed by atoms with Gasteiger partial charge in [-0.1, -0.05) is 12.8 Å². The van der Waals surface area contributed by atoms with Crippen molar-refractivity contribution in [3.8, 4) is 0 Å². The van der Waals surface area contributed by atoms with Crippen LogP contribution in [0.2, 0.25) is 0 Å². The van der Waals surface area contributed by atoms with Gasteiger partial charge < -0.3 is 10.6 Å². The second-order valence-corrected chi connectivity index (χ2v) is 5.70. The molecule has 2 heteroatoms. The van der Waals surface area contributed by atoms with Crippen molar-refractivity contribution in [3.63, 3.8) is 0 Å². The molecule has 86 valence electrons. The minimum Gasteiger partial charge on any atom is -0.314 e. The van der Waals surface area contributed by atoms with Crippen LogP contribution in [-0.4, -0.2) is 24.7 Å². The van der Waals surface area contributed by atoms with E-state index in [4.69, 9.17) is 0 Å². The molecule has 0 aromatic rings. The molecule has 2 saturated carbocycles. The number of hydrogen-bond donors (Lipinski definition) is 2. The third-order valence-electron chi connectivity index (χ3n) is 4.74. The molecule has 0 spiro atoms. The molecule has 0 amide bonds. The lowest BCUT2D eigenvalue weighted by Gasteiger charge is -2.34. The van der Waals surface area contributed by atoms with Crippen molar-refractivity contribution in [2.24, 2.45) is 5.92 Å². The first-order chi connectivity index (χ1) is 7.43. The van der Waals surface area contributed by atoms with Crippen LogP contribution in [0.25, 0.3) is 0 Å². The Morgan fingerprint density at radius 2 is 1.73 bits per heavy atom. The molecule has 0 radical (unpaired) electrons. The van der Waals surface area contributed by atoms with Crippen molar-refractivity contribution in [1.82, 2.24) is 10.6 Å². The summed E-state index contributed by atoms with van der Waals surface area (Å²) >= 11 is 0. The predicted molar refractivity (Wildman–Crippen MR) is 62.9 cm³/mol. The molecular weight excluding hydrogens is 184 g/mol. The van der Waals surface area contributed by atoms with E-state index in [1.807, 2.05) is 0 Å². The van der Waals surface area contributed by atoms with Gasteiger partial charge in [-0.2, -0.15) is 0 Å². The Hall–Kier alpha value is -0.0800. The van der Waals surface area contributed by atoms with Crippen LogP contribution in [-0.2, 0) is 0 Å². The van der Waals surface area contributed by atoms with E-state index in [2.05, 4.69) is 10.6 Å². The molecule has 1 aliphatic heterocycles. The molecule has 2 N–H and O–H groups in total. The second-order valence-electron chi connectivity index (χ2n) is 5.70. The van der Waals surface area contributed by atoms with Crippen molar-refractivity contribution in [2.45, 2.75) is 69.5 Å². The zero-order valence-electron chi connectivity index (χ0n) is 9.67. The maximum atomic E-state index is 3.90. The van der Waals surface area contributed by atoms with Crippen LogP contribution in [0, 0.1) is 5.92 Å². The summed E-state index contributed by atoms with van der Waals surface area (Å²) in [6, 6.07) is 2.55. The molecule has 3 atom stereocenters. The summed E-state index contributed by atoms with van der Waals surface area (Å²) < 4.78 is 0. The van der Waals surface area contributed by atoms with Gasteiger partial charge in [0.15, 0.2) is 0 Å². The van der Waals surface area contributed by atoms with Crippen LogP contribution in [0.5, 0.6) is 0 Å². The zero-order valence-corrected chi connectivity index (χ0v) is 9.67. The lowest BCUT2D eigenvalue weighted by Crippen LogP contribution is -2.48. The van der Waals surface area contributed by atoms with E-state index in [9.17, 15) is 0 Å². The van der Waals surface area contributed by atoms with E-state index in [-0.39, 0.29) is 0 Å². The van der Waals surface area contributed by atoms with Crippen LogP contribution < -0.4 is 10.6 Å². The Labute approximate surface area is 93.2 Å². The monoisotopic (exact) mass is 208 g/mol. The summed E-state index contributed by atoms with van der Waals surface area (Å²) in [5, 5.41) is 7.60. The maximum absolute atomic E-state index is 3.90. The third-order valence-corrected chi connectivity index (χ3v) is 4.74. The molecule has 0 aromatic carbocycles. The number of nitrogens with one attached hydrogen (secondary N) is 2. The topological polar surface area (TPSA) is 24.1 Å². The van der Waals surface area contributed by atoms with Gasteiger partial charge in [0, 0.05) is 18.1 Å². The SMILES string of the molecule is C1CC(NC2CCCC2C2CCCN2)C1. The van der Waals surface area contributed by atoms with Gasteiger partial charge in [-0.15, -0.1) is 0 Å². The van der Waals surface area contributed by atoms with Crippen molar-refractivity contribution in [1.29, 1.82) is 0 Å². The quantitative estimate of drug-likeness (QED) is 0.742. The first kappa shape index (κ1) is 10.1. The first-order valence-corrected chi connectivity index (χ1v) is 6.93. The Morgan fingerprint density at radius 3 is 2.40 bits per heavy atom. The predicted octanol–water partition coefficient (Wildman–Crippen LogP) is 2.05. The molecular formula is C13H24N2. The highest BCUT2D eigenvalue weighted by molar-refractivity contribution is 4.95. The lowest BCUT2D eigenvalue weighted by atomic mass is 9.88. The number of rotatable bonds is 3. The molecule has 0 aromatic heterocycles. The molecule has 1 heterocycles. The zero-order chi connectivity index (χ0) is 10.1. The normalized spacial score (nSPS) is 42.0. The fraction of sp³-hybridized carbons (Fsp3) is 1.00. The maximum Gasteiger partial charge on any atom is 0.0113 e. The Bertz CT molecular complexity index is 207. The van der Waals surface area contributed by atoms with Crippen LogP contribution >= 0.6 is 0 Å². The van der Waals surface area contributed by atoms with Gasteiger partial charge in [0.1, 0.15) is 0 Å². The standard InChI is InChI=1S/C13H24N2/c1-4-10(5-1)15-13-7-2-6-11(13)12-8-3-9-14-12/h10-15H,1-9H2. The summed E-state index contributed by atoms with van der Waals surface area (Å²) in [5.41, 5.74) is 0. The largest absolute Gasteiger partial charge is 0.314 e. The molecule has 15 heavy (non-hydrogen) atoms. The molecule has 3 aliphatic rings. The third kappa shape index (κ3) is 2.07. The van der Waals surface area contributed by atoms with Gasteiger partial charge in [-0.05, 0) is 51.0 Å². The van der Waals surface area contributed by atoms with Crippen molar-refractivity contribution >= 4 is 0 Å². The Kier molecular flexibility index (Phi) is 2.98. The van der Waals surface area contributed by atoms with E-state index in [1.54, 1.807) is 0 Å². The molecule has 3 rings (SSSR count). The molecule has 3 fully saturated rings. The van der Waals surface area contributed by atoms with Gasteiger partial charge in [-0.25, -0.2) is 0 Å². The van der Waals surface area contributed by atoms with E-state index in [0.717, 1.165) is 24.0 Å². The number of hydrogen-bond acceptors (Lipinski definition) is 2. The van der Waals surface area contributed by atoms with E-state index in [0.29, 0.717) is 0 Å². The van der Waals surface area contributed by atoms with Gasteiger partial charge in [0.25, 0.3) is 0 Å². The Morgan fingerprint density at radius 1 is 0.867 bits per heavy atom. The summed E-state index contributed by atoms with van der Waals surface area (Å²) in [6.45, 7) is 1.26. The summed E-state index contributed by atoms with van der Waals surface area (Å²) in [7, 11) is 0. The second kappa shape index (κ2) is 4.42. The average molecular weight is 208 g/mol. The highest BCUT2D eigenvalue weighted by Gasteiger charge is 2.36. The molecule has 1 saturated heterocycles. The van der Waals surface area contributed by atoms with Crippen LogP contribution in [0.1, 0.15) is 51.4 Å². The minimum atomic E-state index is 0.838. The molecule has 2 aliphatic carbocycles.